The van der Waals surface area contributed by atoms with E-state index in [0.717, 1.165) is 42.7 Å². The van der Waals surface area contributed by atoms with Crippen molar-refractivity contribution in [3.8, 4) is 0 Å². The Morgan fingerprint density at radius 2 is 1.80 bits per heavy atom. The van der Waals surface area contributed by atoms with Gasteiger partial charge < -0.3 is 10.2 Å². The van der Waals surface area contributed by atoms with E-state index in [1.54, 1.807) is 0 Å². The monoisotopic (exact) mass is 345 g/mol. The first-order valence-corrected chi connectivity index (χ1v) is 9.06. The van der Waals surface area contributed by atoms with Crippen LogP contribution >= 0.6 is 0 Å². The van der Waals surface area contributed by atoms with E-state index in [1.165, 1.54) is 0 Å². The molecule has 5 heteroatoms. The maximum absolute atomic E-state index is 12.9. The molecular formula is C20H31N3O2. The lowest BCUT2D eigenvalue weighted by molar-refractivity contribution is -0.123. The highest BCUT2D eigenvalue weighted by Gasteiger charge is 2.23. The second-order valence-electron chi connectivity index (χ2n) is 7.97. The molecule has 0 spiro atoms. The van der Waals surface area contributed by atoms with Crippen LogP contribution in [0.15, 0.2) is 18.2 Å². The third kappa shape index (κ3) is 5.56. The molecule has 2 amide bonds. The van der Waals surface area contributed by atoms with Crippen molar-refractivity contribution >= 4 is 11.8 Å². The second kappa shape index (κ2) is 8.00. The zero-order valence-electron chi connectivity index (χ0n) is 16.2. The lowest BCUT2D eigenvalue weighted by Gasteiger charge is -2.25. The molecule has 0 aromatic heterocycles. The summed E-state index contributed by atoms with van der Waals surface area (Å²) in [7, 11) is 0. The number of aryl methyl sites for hydroxylation is 1. The maximum Gasteiger partial charge on any atom is 0.254 e. The van der Waals surface area contributed by atoms with Gasteiger partial charge in [0.05, 0.1) is 6.54 Å². The number of rotatable bonds is 3. The molecule has 1 aromatic carbocycles. The highest BCUT2D eigenvalue weighted by Crippen LogP contribution is 2.16. The maximum atomic E-state index is 12.9. The van der Waals surface area contributed by atoms with Crippen molar-refractivity contribution in [2.24, 2.45) is 0 Å². The van der Waals surface area contributed by atoms with Crippen LogP contribution in [-0.4, -0.2) is 59.9 Å². The third-order valence-corrected chi connectivity index (χ3v) is 4.59. The van der Waals surface area contributed by atoms with Crippen molar-refractivity contribution < 1.29 is 9.59 Å². The molecule has 1 aromatic rings. The molecule has 138 valence electrons. The summed E-state index contributed by atoms with van der Waals surface area (Å²) in [5, 5.41) is 3.00. The molecule has 1 aliphatic rings. The van der Waals surface area contributed by atoms with E-state index in [9.17, 15) is 9.59 Å². The van der Waals surface area contributed by atoms with Gasteiger partial charge in [0.25, 0.3) is 5.91 Å². The van der Waals surface area contributed by atoms with Gasteiger partial charge in [0.2, 0.25) is 5.91 Å². The largest absolute Gasteiger partial charge is 0.350 e. The van der Waals surface area contributed by atoms with Crippen molar-refractivity contribution in [2.45, 2.75) is 46.6 Å². The van der Waals surface area contributed by atoms with E-state index < -0.39 is 0 Å². The highest BCUT2D eigenvalue weighted by atomic mass is 16.2. The molecule has 1 saturated heterocycles. The van der Waals surface area contributed by atoms with Gasteiger partial charge in [-0.15, -0.1) is 0 Å². The fourth-order valence-electron chi connectivity index (χ4n) is 3.15. The fraction of sp³-hybridized carbons (Fsp3) is 0.600. The smallest absolute Gasteiger partial charge is 0.254 e. The Labute approximate surface area is 151 Å². The number of nitrogens with one attached hydrogen (secondary N) is 1. The van der Waals surface area contributed by atoms with Crippen LogP contribution in [0.5, 0.6) is 0 Å². The Bertz CT molecular complexity index is 634. The molecule has 1 heterocycles. The number of amides is 2. The van der Waals surface area contributed by atoms with E-state index in [4.69, 9.17) is 0 Å². The van der Waals surface area contributed by atoms with Crippen molar-refractivity contribution in [1.29, 1.82) is 0 Å². The molecule has 0 aliphatic carbocycles. The normalized spacial score (nSPS) is 16.4. The van der Waals surface area contributed by atoms with Crippen LogP contribution in [0.4, 0.5) is 0 Å². The SMILES string of the molecule is Cc1cccc(C(=O)N2CCCN(CC(=O)NC(C)(C)C)CC2)c1C. The predicted octanol–water partition coefficient (Wildman–Crippen LogP) is 2.37. The Morgan fingerprint density at radius 3 is 2.48 bits per heavy atom. The van der Waals surface area contributed by atoms with E-state index in [0.29, 0.717) is 13.1 Å². The minimum absolute atomic E-state index is 0.0433. The third-order valence-electron chi connectivity index (χ3n) is 4.59. The molecule has 1 N–H and O–H groups in total. The predicted molar refractivity (Wildman–Crippen MR) is 101 cm³/mol. The number of nitrogens with zero attached hydrogens (tertiary/aromatic N) is 2. The van der Waals surface area contributed by atoms with Gasteiger partial charge in [0, 0.05) is 37.3 Å². The Balaban J connectivity index is 1.96. The van der Waals surface area contributed by atoms with Gasteiger partial charge in [-0.25, -0.2) is 0 Å². The molecule has 5 nitrogen and oxygen atoms in total. The lowest BCUT2D eigenvalue weighted by atomic mass is 10.0. The second-order valence-corrected chi connectivity index (χ2v) is 7.97. The first kappa shape index (κ1) is 19.4. The van der Waals surface area contributed by atoms with Gasteiger partial charge >= 0.3 is 0 Å². The molecular weight excluding hydrogens is 314 g/mol. The highest BCUT2D eigenvalue weighted by molar-refractivity contribution is 5.96. The average molecular weight is 345 g/mol. The Morgan fingerprint density at radius 1 is 1.08 bits per heavy atom. The molecule has 0 atom stereocenters. The van der Waals surface area contributed by atoms with Gasteiger partial charge in [-0.2, -0.15) is 0 Å². The number of benzene rings is 1. The van der Waals surface area contributed by atoms with E-state index in [2.05, 4.69) is 10.2 Å². The van der Waals surface area contributed by atoms with Crippen LogP contribution in [0, 0.1) is 13.8 Å². The van der Waals surface area contributed by atoms with Crippen molar-refractivity contribution in [3.63, 3.8) is 0 Å². The van der Waals surface area contributed by atoms with Crippen LogP contribution in [0.3, 0.4) is 0 Å². The average Bonchev–Trinajstić information content (AvgIpc) is 2.73. The van der Waals surface area contributed by atoms with Gasteiger partial charge in [-0.3, -0.25) is 14.5 Å². The van der Waals surface area contributed by atoms with Crippen molar-refractivity contribution in [3.05, 3.63) is 34.9 Å². The molecule has 0 unspecified atom stereocenters. The molecule has 1 fully saturated rings. The van der Waals surface area contributed by atoms with Crippen LogP contribution in [0.1, 0.15) is 48.7 Å². The van der Waals surface area contributed by atoms with E-state index in [-0.39, 0.29) is 17.4 Å². The molecule has 0 bridgehead atoms. The van der Waals surface area contributed by atoms with E-state index in [1.807, 2.05) is 57.7 Å². The summed E-state index contributed by atoms with van der Waals surface area (Å²) in [6, 6.07) is 5.88. The quantitative estimate of drug-likeness (QED) is 0.915. The summed E-state index contributed by atoms with van der Waals surface area (Å²) >= 11 is 0. The number of hydrogen-bond donors (Lipinski definition) is 1. The zero-order valence-corrected chi connectivity index (χ0v) is 16.2. The minimum atomic E-state index is -0.215. The molecule has 0 saturated carbocycles. The van der Waals surface area contributed by atoms with Crippen LogP contribution in [0.2, 0.25) is 0 Å². The van der Waals surface area contributed by atoms with Crippen LogP contribution < -0.4 is 5.32 Å². The van der Waals surface area contributed by atoms with Crippen LogP contribution in [-0.2, 0) is 4.79 Å². The molecule has 1 aliphatic heterocycles. The zero-order chi connectivity index (χ0) is 18.6. The summed E-state index contributed by atoms with van der Waals surface area (Å²) in [5.74, 6) is 0.143. The Kier molecular flexibility index (Phi) is 6.22. The van der Waals surface area contributed by atoms with E-state index >= 15 is 0 Å². The summed E-state index contributed by atoms with van der Waals surface area (Å²) < 4.78 is 0. The molecule has 2 rings (SSSR count). The fourth-order valence-corrected chi connectivity index (χ4v) is 3.15. The first-order valence-electron chi connectivity index (χ1n) is 9.06. The summed E-state index contributed by atoms with van der Waals surface area (Å²) in [6.07, 6.45) is 0.888. The first-order chi connectivity index (χ1) is 11.7. The molecule has 25 heavy (non-hydrogen) atoms. The number of carbonyl (C=O) groups excluding carboxylic acids is 2. The summed E-state index contributed by atoms with van der Waals surface area (Å²) in [4.78, 5) is 29.1. The van der Waals surface area contributed by atoms with Gasteiger partial charge in [-0.1, -0.05) is 12.1 Å². The van der Waals surface area contributed by atoms with Gasteiger partial charge in [0.15, 0.2) is 0 Å². The van der Waals surface area contributed by atoms with Crippen LogP contribution in [0.25, 0.3) is 0 Å². The summed E-state index contributed by atoms with van der Waals surface area (Å²) in [6.45, 7) is 13.4. The minimum Gasteiger partial charge on any atom is -0.350 e. The topological polar surface area (TPSA) is 52.7 Å². The van der Waals surface area contributed by atoms with Gasteiger partial charge in [0.1, 0.15) is 0 Å². The van der Waals surface area contributed by atoms with Crippen molar-refractivity contribution in [1.82, 2.24) is 15.1 Å². The standard InChI is InChI=1S/C20H31N3O2/c1-15-8-6-9-17(16(15)2)19(25)23-11-7-10-22(12-13-23)14-18(24)21-20(3,4)5/h6,8-9H,7,10-14H2,1-5H3,(H,21,24). The van der Waals surface area contributed by atoms with Crippen molar-refractivity contribution in [2.75, 3.05) is 32.7 Å². The van der Waals surface area contributed by atoms with Gasteiger partial charge in [-0.05, 0) is 58.2 Å². The number of hydrogen-bond acceptors (Lipinski definition) is 3. The number of carbonyl (C=O) groups is 2. The molecule has 0 radical (unpaired) electrons. The Hall–Kier alpha value is -1.88. The summed E-state index contributed by atoms with van der Waals surface area (Å²) in [5.41, 5.74) is 2.77. The lowest BCUT2D eigenvalue weighted by Crippen LogP contribution is -2.46.